The summed E-state index contributed by atoms with van der Waals surface area (Å²) in [6.07, 6.45) is 0. The summed E-state index contributed by atoms with van der Waals surface area (Å²) >= 11 is 0. The number of rotatable bonds is 4. The number of primary amides is 1. The van der Waals surface area contributed by atoms with E-state index in [1.165, 1.54) is 6.92 Å². The number of fused-ring (bicyclic) bond motifs is 1. The Morgan fingerprint density at radius 3 is 2.29 bits per heavy atom. The van der Waals surface area contributed by atoms with Gasteiger partial charge in [0.1, 0.15) is 11.3 Å². The summed E-state index contributed by atoms with van der Waals surface area (Å²) < 4.78 is 5.54. The lowest BCUT2D eigenvalue weighted by Gasteiger charge is -2.08. The average Bonchev–Trinajstić information content (AvgIpc) is 2.84. The smallest absolute Gasteiger partial charge is 0.255 e. The molecule has 0 aliphatic carbocycles. The van der Waals surface area contributed by atoms with Crippen molar-refractivity contribution in [2.75, 3.05) is 5.32 Å². The summed E-state index contributed by atoms with van der Waals surface area (Å²) in [7, 11) is 0. The molecule has 2 aromatic heterocycles. The Hall–Kier alpha value is -3.22. The molecule has 0 radical (unpaired) electrons. The van der Waals surface area contributed by atoms with Crippen LogP contribution in [0.25, 0.3) is 11.0 Å². The highest BCUT2D eigenvalue weighted by atomic mass is 16.4. The van der Waals surface area contributed by atoms with Crippen molar-refractivity contribution < 1.29 is 14.0 Å². The lowest BCUT2D eigenvalue weighted by atomic mass is 10.1. The molecule has 0 aliphatic heterocycles. The molecule has 7 heteroatoms. The fraction of sp³-hybridized carbons (Fsp3) is 0.176. The van der Waals surface area contributed by atoms with Gasteiger partial charge in [0.15, 0.2) is 11.6 Å². The maximum Gasteiger partial charge on any atom is 0.255 e. The number of furan rings is 1. The van der Waals surface area contributed by atoms with E-state index in [4.69, 9.17) is 10.2 Å². The fourth-order valence-electron chi connectivity index (χ4n) is 2.61. The van der Waals surface area contributed by atoms with E-state index in [-0.39, 0.29) is 22.8 Å². The second-order valence-corrected chi connectivity index (χ2v) is 5.43. The summed E-state index contributed by atoms with van der Waals surface area (Å²) in [5.74, 6) is -0.187. The first-order chi connectivity index (χ1) is 11.4. The number of ketones is 1. The molecule has 0 spiro atoms. The second kappa shape index (κ2) is 5.77. The number of nitrogens with two attached hydrogens (primary N) is 1. The molecule has 1 aromatic carbocycles. The Bertz CT molecular complexity index is 975. The number of Topliss-reactive ketones (excluding diaryl/α,β-unsaturated/α-hetero) is 1. The van der Waals surface area contributed by atoms with Crippen LogP contribution in [-0.4, -0.2) is 21.7 Å². The third kappa shape index (κ3) is 2.60. The van der Waals surface area contributed by atoms with E-state index < -0.39 is 5.91 Å². The number of anilines is 2. The van der Waals surface area contributed by atoms with Crippen LogP contribution in [-0.2, 0) is 0 Å². The predicted octanol–water partition coefficient (Wildman–Crippen LogP) is 2.88. The first-order valence-electron chi connectivity index (χ1n) is 7.33. The molecule has 7 nitrogen and oxygen atoms in total. The van der Waals surface area contributed by atoms with Crippen LogP contribution in [0.1, 0.15) is 39.1 Å². The van der Waals surface area contributed by atoms with Gasteiger partial charge >= 0.3 is 0 Å². The lowest BCUT2D eigenvalue weighted by Crippen LogP contribution is -2.16. The van der Waals surface area contributed by atoms with Crippen LogP contribution in [0.2, 0.25) is 0 Å². The van der Waals surface area contributed by atoms with Crippen molar-refractivity contribution in [3.8, 4) is 0 Å². The van der Waals surface area contributed by atoms with Crippen LogP contribution in [0.3, 0.4) is 0 Å². The van der Waals surface area contributed by atoms with E-state index in [1.807, 2.05) is 24.3 Å². The largest absolute Gasteiger partial charge is 0.444 e. The molecule has 3 rings (SSSR count). The van der Waals surface area contributed by atoms with E-state index in [0.717, 1.165) is 5.52 Å². The van der Waals surface area contributed by atoms with Crippen molar-refractivity contribution in [2.24, 2.45) is 5.73 Å². The Kier molecular flexibility index (Phi) is 3.76. The Morgan fingerprint density at radius 1 is 1.08 bits per heavy atom. The number of hydrogen-bond acceptors (Lipinski definition) is 6. The first kappa shape index (κ1) is 15.7. The van der Waals surface area contributed by atoms with Gasteiger partial charge in [-0.1, -0.05) is 12.1 Å². The minimum Gasteiger partial charge on any atom is -0.444 e. The van der Waals surface area contributed by atoms with E-state index in [0.29, 0.717) is 22.8 Å². The number of para-hydroxylation sites is 2. The monoisotopic (exact) mass is 324 g/mol. The molecule has 0 aliphatic rings. The third-order valence-electron chi connectivity index (χ3n) is 3.66. The minimum atomic E-state index is -0.744. The number of carbonyl (C=O) groups is 2. The minimum absolute atomic E-state index is 0.0226. The Labute approximate surface area is 137 Å². The van der Waals surface area contributed by atoms with Crippen molar-refractivity contribution >= 4 is 34.4 Å². The van der Waals surface area contributed by atoms with Gasteiger partial charge in [0.25, 0.3) is 5.91 Å². The zero-order valence-corrected chi connectivity index (χ0v) is 13.5. The number of amides is 1. The quantitative estimate of drug-likeness (QED) is 0.714. The second-order valence-electron chi connectivity index (χ2n) is 5.43. The van der Waals surface area contributed by atoms with Crippen LogP contribution in [0.4, 0.5) is 11.7 Å². The zero-order valence-electron chi connectivity index (χ0n) is 13.5. The molecule has 24 heavy (non-hydrogen) atoms. The van der Waals surface area contributed by atoms with Gasteiger partial charge in [0, 0.05) is 0 Å². The topological polar surface area (TPSA) is 111 Å². The van der Waals surface area contributed by atoms with E-state index in [1.54, 1.807) is 13.8 Å². The SMILES string of the molecule is CC(=O)c1c(C)oc(Nc2nc3ccccc3nc2C)c1C(N)=O. The molecule has 0 atom stereocenters. The number of aryl methyl sites for hydroxylation is 2. The van der Waals surface area contributed by atoms with Gasteiger partial charge in [-0.25, -0.2) is 9.97 Å². The average molecular weight is 324 g/mol. The molecule has 3 aromatic rings. The maximum atomic E-state index is 11.8. The molecule has 2 heterocycles. The van der Waals surface area contributed by atoms with Gasteiger partial charge in [-0.05, 0) is 32.9 Å². The van der Waals surface area contributed by atoms with Crippen molar-refractivity contribution in [1.29, 1.82) is 0 Å². The molecule has 0 fully saturated rings. The standard InChI is InChI=1S/C17H16N4O3/c1-8-16(20-12-7-5-4-6-11(12)19-8)21-17-14(15(18)23)13(9(2)22)10(3)24-17/h4-7H,1-3H3,(H2,18,23)(H,20,21). The number of aromatic nitrogens is 2. The number of benzene rings is 1. The highest BCUT2D eigenvalue weighted by Gasteiger charge is 2.25. The van der Waals surface area contributed by atoms with E-state index in [2.05, 4.69) is 15.3 Å². The molecule has 0 saturated heterocycles. The van der Waals surface area contributed by atoms with Gasteiger partial charge < -0.3 is 15.5 Å². The summed E-state index contributed by atoms with van der Waals surface area (Å²) in [6, 6.07) is 7.43. The maximum absolute atomic E-state index is 11.8. The van der Waals surface area contributed by atoms with E-state index >= 15 is 0 Å². The summed E-state index contributed by atoms with van der Waals surface area (Å²) in [4.78, 5) is 32.5. The normalized spacial score (nSPS) is 10.8. The van der Waals surface area contributed by atoms with Crippen LogP contribution < -0.4 is 11.1 Å². The first-order valence-corrected chi connectivity index (χ1v) is 7.33. The van der Waals surface area contributed by atoms with Crippen LogP contribution in [0.5, 0.6) is 0 Å². The molecular weight excluding hydrogens is 308 g/mol. The fourth-order valence-corrected chi connectivity index (χ4v) is 2.61. The number of hydrogen-bond donors (Lipinski definition) is 2. The zero-order chi connectivity index (χ0) is 17.4. The molecule has 122 valence electrons. The summed E-state index contributed by atoms with van der Waals surface area (Å²) in [5.41, 5.74) is 7.70. The van der Waals surface area contributed by atoms with Gasteiger partial charge in [0.05, 0.1) is 22.3 Å². The number of nitrogens with one attached hydrogen (secondary N) is 1. The summed E-state index contributed by atoms with van der Waals surface area (Å²) in [6.45, 7) is 4.75. The highest BCUT2D eigenvalue weighted by molar-refractivity contribution is 6.10. The van der Waals surface area contributed by atoms with Crippen molar-refractivity contribution in [3.63, 3.8) is 0 Å². The van der Waals surface area contributed by atoms with Gasteiger partial charge in [-0.2, -0.15) is 0 Å². The molecule has 1 amide bonds. The third-order valence-corrected chi connectivity index (χ3v) is 3.66. The van der Waals surface area contributed by atoms with Crippen molar-refractivity contribution in [3.05, 3.63) is 46.8 Å². The lowest BCUT2D eigenvalue weighted by molar-refractivity contribution is 0.0974. The molecular formula is C17H16N4O3. The van der Waals surface area contributed by atoms with Gasteiger partial charge in [-0.3, -0.25) is 9.59 Å². The van der Waals surface area contributed by atoms with Gasteiger partial charge in [0.2, 0.25) is 5.88 Å². The molecule has 0 bridgehead atoms. The number of nitrogens with zero attached hydrogens (tertiary/aromatic N) is 2. The molecule has 0 unspecified atom stereocenters. The highest BCUT2D eigenvalue weighted by Crippen LogP contribution is 2.30. The Morgan fingerprint density at radius 2 is 1.71 bits per heavy atom. The summed E-state index contributed by atoms with van der Waals surface area (Å²) in [5, 5.41) is 2.94. The Balaban J connectivity index is 2.12. The molecule has 0 saturated carbocycles. The van der Waals surface area contributed by atoms with Crippen molar-refractivity contribution in [1.82, 2.24) is 9.97 Å². The van der Waals surface area contributed by atoms with Crippen LogP contribution >= 0.6 is 0 Å². The number of carbonyl (C=O) groups excluding carboxylic acids is 2. The predicted molar refractivity (Wildman–Crippen MR) is 89.5 cm³/mol. The van der Waals surface area contributed by atoms with Crippen LogP contribution in [0.15, 0.2) is 28.7 Å². The van der Waals surface area contributed by atoms with E-state index in [9.17, 15) is 9.59 Å². The van der Waals surface area contributed by atoms with Crippen molar-refractivity contribution in [2.45, 2.75) is 20.8 Å². The van der Waals surface area contributed by atoms with Gasteiger partial charge in [-0.15, -0.1) is 0 Å². The van der Waals surface area contributed by atoms with Crippen LogP contribution in [0, 0.1) is 13.8 Å². The molecule has 3 N–H and O–H groups in total.